The molecule has 0 saturated carbocycles. The summed E-state index contributed by atoms with van der Waals surface area (Å²) < 4.78 is 6.66. The van der Waals surface area contributed by atoms with Gasteiger partial charge in [-0.15, -0.1) is 0 Å². The van der Waals surface area contributed by atoms with Crippen molar-refractivity contribution in [2.45, 2.75) is 19.8 Å². The van der Waals surface area contributed by atoms with Crippen LogP contribution < -0.4 is 10.5 Å². The second-order valence-corrected chi connectivity index (χ2v) is 7.95. The van der Waals surface area contributed by atoms with Gasteiger partial charge in [-0.2, -0.15) is 0 Å². The van der Waals surface area contributed by atoms with Crippen molar-refractivity contribution in [1.29, 1.82) is 0 Å². The molecule has 2 aromatic heterocycles. The van der Waals surface area contributed by atoms with E-state index in [2.05, 4.69) is 26.9 Å². The number of ether oxygens (including phenoxy) is 1. The van der Waals surface area contributed by atoms with Gasteiger partial charge in [0.05, 0.1) is 18.7 Å². The molecule has 3 heterocycles. The fraction of sp³-hybridized carbons (Fsp3) is 0.375. The average Bonchev–Trinajstić information content (AvgIpc) is 2.85. The van der Waals surface area contributed by atoms with Crippen LogP contribution in [0.1, 0.15) is 19.0 Å². The van der Waals surface area contributed by atoms with Crippen LogP contribution in [0.15, 0.2) is 53.7 Å². The summed E-state index contributed by atoms with van der Waals surface area (Å²) in [5.41, 5.74) is 2.08. The molecular formula is C24H28N6O3. The molecule has 1 aliphatic rings. The largest absolute Gasteiger partial charge is 0.466 e. The molecule has 0 aliphatic carbocycles. The molecule has 0 N–H and O–H groups in total. The van der Waals surface area contributed by atoms with Crippen LogP contribution in [0, 0.1) is 0 Å². The molecule has 0 bridgehead atoms. The van der Waals surface area contributed by atoms with Crippen LogP contribution in [0.5, 0.6) is 0 Å². The molecular weight excluding hydrogens is 420 g/mol. The SMILES string of the molecule is CCOC(=O)CCc1cn(-c2ccc(-c3ncccn3)cc2)c(=O)c(N2CCN(C)CC2)n1. The molecule has 172 valence electrons. The molecule has 1 aromatic carbocycles. The van der Waals surface area contributed by atoms with Gasteiger partial charge in [0, 0.05) is 62.4 Å². The lowest BCUT2D eigenvalue weighted by Crippen LogP contribution is -2.47. The summed E-state index contributed by atoms with van der Waals surface area (Å²) in [6, 6.07) is 9.30. The quantitative estimate of drug-likeness (QED) is 0.506. The van der Waals surface area contributed by atoms with E-state index in [4.69, 9.17) is 4.74 Å². The second kappa shape index (κ2) is 10.4. The van der Waals surface area contributed by atoms with Gasteiger partial charge in [-0.3, -0.25) is 14.2 Å². The smallest absolute Gasteiger partial charge is 0.306 e. The molecule has 4 rings (SSSR count). The van der Waals surface area contributed by atoms with Crippen LogP contribution in [-0.4, -0.2) is 70.2 Å². The zero-order valence-electron chi connectivity index (χ0n) is 19.0. The highest BCUT2D eigenvalue weighted by Crippen LogP contribution is 2.18. The number of hydrogen-bond acceptors (Lipinski definition) is 8. The summed E-state index contributed by atoms with van der Waals surface area (Å²) in [6.45, 7) is 5.30. The van der Waals surface area contributed by atoms with Crippen molar-refractivity contribution in [2.75, 3.05) is 44.7 Å². The molecule has 9 heteroatoms. The number of aromatic nitrogens is 4. The van der Waals surface area contributed by atoms with Gasteiger partial charge in [-0.1, -0.05) is 0 Å². The van der Waals surface area contributed by atoms with E-state index in [-0.39, 0.29) is 17.9 Å². The predicted molar refractivity (Wildman–Crippen MR) is 126 cm³/mol. The fourth-order valence-electron chi connectivity index (χ4n) is 3.75. The predicted octanol–water partition coefficient (Wildman–Crippen LogP) is 1.94. The molecule has 9 nitrogen and oxygen atoms in total. The maximum atomic E-state index is 13.4. The summed E-state index contributed by atoms with van der Waals surface area (Å²) >= 11 is 0. The Morgan fingerprint density at radius 1 is 1.06 bits per heavy atom. The Labute approximate surface area is 192 Å². The molecule has 0 atom stereocenters. The minimum Gasteiger partial charge on any atom is -0.466 e. The van der Waals surface area contributed by atoms with E-state index >= 15 is 0 Å². The van der Waals surface area contributed by atoms with Crippen molar-refractivity contribution < 1.29 is 9.53 Å². The van der Waals surface area contributed by atoms with Gasteiger partial charge in [-0.05, 0) is 44.3 Å². The zero-order chi connectivity index (χ0) is 23.2. The van der Waals surface area contributed by atoms with Crippen LogP contribution in [0.25, 0.3) is 17.1 Å². The topological polar surface area (TPSA) is 93.5 Å². The van der Waals surface area contributed by atoms with Gasteiger partial charge in [0.2, 0.25) is 0 Å². The first-order valence-electron chi connectivity index (χ1n) is 11.1. The number of likely N-dealkylation sites (N-methyl/N-ethyl adjacent to an activating group) is 1. The summed E-state index contributed by atoms with van der Waals surface area (Å²) in [5.74, 6) is 0.768. The monoisotopic (exact) mass is 448 g/mol. The first-order valence-corrected chi connectivity index (χ1v) is 11.1. The standard InChI is InChI=1S/C24H28N6O3/c1-3-33-21(31)10-7-19-17-30(24(32)23(27-19)29-15-13-28(2)14-16-29)20-8-5-18(6-9-20)22-25-11-4-12-26-22/h4-6,8-9,11-12,17H,3,7,10,13-16H2,1-2H3. The van der Waals surface area contributed by atoms with Crippen LogP contribution in [-0.2, 0) is 16.0 Å². The van der Waals surface area contributed by atoms with Crippen molar-refractivity contribution in [3.8, 4) is 17.1 Å². The number of esters is 1. The van der Waals surface area contributed by atoms with E-state index in [1.54, 1.807) is 36.1 Å². The number of rotatable bonds is 7. The van der Waals surface area contributed by atoms with Gasteiger partial charge in [0.1, 0.15) is 0 Å². The number of aryl methyl sites for hydroxylation is 1. The third kappa shape index (κ3) is 5.43. The molecule has 1 aliphatic heterocycles. The Morgan fingerprint density at radius 2 is 1.76 bits per heavy atom. The number of anilines is 1. The van der Waals surface area contributed by atoms with Crippen molar-refractivity contribution in [1.82, 2.24) is 24.4 Å². The molecule has 1 saturated heterocycles. The minimum atomic E-state index is -0.273. The van der Waals surface area contributed by atoms with Gasteiger partial charge < -0.3 is 14.5 Å². The number of benzene rings is 1. The van der Waals surface area contributed by atoms with Crippen LogP contribution >= 0.6 is 0 Å². The summed E-state index contributed by atoms with van der Waals surface area (Å²) in [6.07, 6.45) is 5.72. The Balaban J connectivity index is 1.68. The lowest BCUT2D eigenvalue weighted by Gasteiger charge is -2.33. The van der Waals surface area contributed by atoms with Crippen molar-refractivity contribution in [3.05, 3.63) is 65.0 Å². The first-order chi connectivity index (χ1) is 16.0. The molecule has 33 heavy (non-hydrogen) atoms. The lowest BCUT2D eigenvalue weighted by atomic mass is 10.2. The Bertz CT molecular complexity index is 1140. The highest BCUT2D eigenvalue weighted by atomic mass is 16.5. The summed E-state index contributed by atoms with van der Waals surface area (Å²) in [7, 11) is 2.07. The molecule has 0 radical (unpaired) electrons. The van der Waals surface area contributed by atoms with Crippen LogP contribution in [0.2, 0.25) is 0 Å². The Kier molecular flexibility index (Phi) is 7.09. The zero-order valence-corrected chi connectivity index (χ0v) is 19.0. The maximum absolute atomic E-state index is 13.4. The van der Waals surface area contributed by atoms with Crippen molar-refractivity contribution in [3.63, 3.8) is 0 Å². The molecule has 0 spiro atoms. The number of nitrogens with zero attached hydrogens (tertiary/aromatic N) is 6. The number of carbonyl (C=O) groups is 1. The van der Waals surface area contributed by atoms with E-state index in [0.717, 1.165) is 37.4 Å². The average molecular weight is 449 g/mol. The van der Waals surface area contributed by atoms with E-state index in [1.165, 1.54) is 0 Å². The maximum Gasteiger partial charge on any atom is 0.306 e. The van der Waals surface area contributed by atoms with E-state index in [1.807, 2.05) is 29.2 Å². The lowest BCUT2D eigenvalue weighted by molar-refractivity contribution is -0.143. The number of hydrogen-bond donors (Lipinski definition) is 0. The van der Waals surface area contributed by atoms with Crippen LogP contribution in [0.4, 0.5) is 5.82 Å². The molecule has 3 aromatic rings. The minimum absolute atomic E-state index is 0.178. The molecule has 1 fully saturated rings. The summed E-state index contributed by atoms with van der Waals surface area (Å²) in [5, 5.41) is 0. The summed E-state index contributed by atoms with van der Waals surface area (Å²) in [4.78, 5) is 42.8. The van der Waals surface area contributed by atoms with E-state index in [0.29, 0.717) is 30.4 Å². The molecule has 0 amide bonds. The normalized spacial score (nSPS) is 14.3. The van der Waals surface area contributed by atoms with Gasteiger partial charge >= 0.3 is 5.97 Å². The number of carbonyl (C=O) groups excluding carboxylic acids is 1. The van der Waals surface area contributed by atoms with Gasteiger partial charge in [-0.25, -0.2) is 15.0 Å². The van der Waals surface area contributed by atoms with Crippen molar-refractivity contribution >= 4 is 11.8 Å². The van der Waals surface area contributed by atoms with Gasteiger partial charge in [0.15, 0.2) is 11.6 Å². The number of piperazine rings is 1. The molecule has 0 unspecified atom stereocenters. The third-order valence-corrected chi connectivity index (χ3v) is 5.60. The van der Waals surface area contributed by atoms with Crippen LogP contribution in [0.3, 0.4) is 0 Å². The van der Waals surface area contributed by atoms with E-state index in [9.17, 15) is 9.59 Å². The van der Waals surface area contributed by atoms with E-state index < -0.39 is 0 Å². The first kappa shape index (κ1) is 22.6. The van der Waals surface area contributed by atoms with Gasteiger partial charge in [0.25, 0.3) is 5.56 Å². The fourth-order valence-corrected chi connectivity index (χ4v) is 3.75. The highest BCUT2D eigenvalue weighted by molar-refractivity contribution is 5.69. The third-order valence-electron chi connectivity index (χ3n) is 5.60. The van der Waals surface area contributed by atoms with Crippen molar-refractivity contribution in [2.24, 2.45) is 0 Å². The Morgan fingerprint density at radius 3 is 2.42 bits per heavy atom. The second-order valence-electron chi connectivity index (χ2n) is 7.95. The highest BCUT2D eigenvalue weighted by Gasteiger charge is 2.21. The Hall–Kier alpha value is -3.59.